The Hall–Kier alpha value is -2.51. The lowest BCUT2D eigenvalue weighted by Gasteiger charge is -2.10. The molecule has 0 bridgehead atoms. The van der Waals surface area contributed by atoms with E-state index in [-0.39, 0.29) is 0 Å². The van der Waals surface area contributed by atoms with Gasteiger partial charge in [0.15, 0.2) is 0 Å². The Labute approximate surface area is 128 Å². The molecule has 0 aliphatic rings. The highest BCUT2D eigenvalue weighted by Gasteiger charge is 2.06. The quantitative estimate of drug-likeness (QED) is 0.781. The van der Waals surface area contributed by atoms with Gasteiger partial charge in [-0.25, -0.2) is 0 Å². The number of nitrogens with one attached hydrogen (secondary N) is 1. The predicted octanol–water partition coefficient (Wildman–Crippen LogP) is 4.24. The van der Waals surface area contributed by atoms with Crippen LogP contribution in [0.2, 0.25) is 0 Å². The lowest BCUT2D eigenvalue weighted by atomic mass is 10.1. The van der Waals surface area contributed by atoms with Gasteiger partial charge >= 0.3 is 0 Å². The molecule has 0 fully saturated rings. The van der Waals surface area contributed by atoms with Gasteiger partial charge in [-0.2, -0.15) is 5.26 Å². The molecule has 1 aromatic carbocycles. The fraction of sp³-hybridized carbons (Fsp3) is 0.118. The van der Waals surface area contributed by atoms with Crippen LogP contribution in [0.25, 0.3) is 10.4 Å². The Morgan fingerprint density at radius 2 is 2.10 bits per heavy atom. The first-order valence-electron chi connectivity index (χ1n) is 6.70. The number of rotatable bonds is 4. The predicted molar refractivity (Wildman–Crippen MR) is 87.2 cm³/mol. The van der Waals surface area contributed by atoms with E-state index in [0.29, 0.717) is 12.2 Å². The Morgan fingerprint density at radius 3 is 2.81 bits per heavy atom. The molecule has 0 saturated heterocycles. The van der Waals surface area contributed by atoms with Crippen LogP contribution in [0.15, 0.2) is 54.0 Å². The molecular formula is C17H15N3S. The van der Waals surface area contributed by atoms with Gasteiger partial charge in [0.25, 0.3) is 0 Å². The summed E-state index contributed by atoms with van der Waals surface area (Å²) in [5.41, 5.74) is 4.11. The zero-order chi connectivity index (χ0) is 14.7. The summed E-state index contributed by atoms with van der Waals surface area (Å²) in [7, 11) is 1.89. The van der Waals surface area contributed by atoms with Crippen molar-refractivity contribution in [3.05, 3.63) is 65.3 Å². The molecule has 0 radical (unpaired) electrons. The summed E-state index contributed by atoms with van der Waals surface area (Å²) in [6.07, 6.45) is 1.99. The monoisotopic (exact) mass is 293 g/mol. The first-order chi connectivity index (χ1) is 10.3. The Morgan fingerprint density at radius 1 is 1.24 bits per heavy atom. The number of anilines is 1. The van der Waals surface area contributed by atoms with Crippen LogP contribution in [-0.2, 0) is 13.6 Å². The maximum absolute atomic E-state index is 9.00. The fourth-order valence-corrected chi connectivity index (χ4v) is 3.09. The molecule has 4 heteroatoms. The largest absolute Gasteiger partial charge is 0.380 e. The van der Waals surface area contributed by atoms with Crippen LogP contribution in [0.3, 0.4) is 0 Å². The Balaban J connectivity index is 1.81. The summed E-state index contributed by atoms with van der Waals surface area (Å²) in [6.45, 7) is 0.706. The van der Waals surface area contributed by atoms with Crippen LogP contribution in [0.5, 0.6) is 0 Å². The molecule has 0 aliphatic carbocycles. The number of thiophene rings is 1. The first-order valence-corrected chi connectivity index (χ1v) is 7.58. The number of nitrogens with zero attached hydrogens (tertiary/aromatic N) is 2. The molecule has 0 aliphatic heterocycles. The molecule has 2 heterocycles. The molecule has 0 unspecified atom stereocenters. The van der Waals surface area contributed by atoms with Crippen LogP contribution in [-0.4, -0.2) is 4.57 Å². The van der Waals surface area contributed by atoms with E-state index in [1.54, 1.807) is 11.3 Å². The number of hydrogen-bond donors (Lipinski definition) is 1. The van der Waals surface area contributed by atoms with Crippen molar-refractivity contribution in [3.8, 4) is 16.5 Å². The number of aryl methyl sites for hydroxylation is 1. The molecule has 104 valence electrons. The highest BCUT2D eigenvalue weighted by Crippen LogP contribution is 2.31. The third kappa shape index (κ3) is 2.83. The number of para-hydroxylation sites is 1. The summed E-state index contributed by atoms with van der Waals surface area (Å²) in [5.74, 6) is 0. The maximum atomic E-state index is 9.00. The van der Waals surface area contributed by atoms with E-state index in [1.165, 1.54) is 10.4 Å². The lowest BCUT2D eigenvalue weighted by Crippen LogP contribution is -1.99. The normalized spacial score (nSPS) is 10.3. The third-order valence-corrected chi connectivity index (χ3v) is 4.28. The number of nitriles is 1. The van der Waals surface area contributed by atoms with Crippen LogP contribution in [0, 0.1) is 11.3 Å². The summed E-state index contributed by atoms with van der Waals surface area (Å²) in [5, 5.41) is 14.5. The minimum absolute atomic E-state index is 0.679. The van der Waals surface area contributed by atoms with E-state index in [9.17, 15) is 0 Å². The van der Waals surface area contributed by atoms with Crippen LogP contribution < -0.4 is 5.32 Å². The van der Waals surface area contributed by atoms with Gasteiger partial charge in [-0.3, -0.25) is 0 Å². The van der Waals surface area contributed by atoms with Crippen molar-refractivity contribution in [3.63, 3.8) is 0 Å². The van der Waals surface area contributed by atoms with Gasteiger partial charge in [0.1, 0.15) is 11.8 Å². The summed E-state index contributed by atoms with van der Waals surface area (Å²) < 4.78 is 1.85. The second-order valence-electron chi connectivity index (χ2n) is 4.83. The molecule has 0 saturated carbocycles. The second-order valence-corrected chi connectivity index (χ2v) is 5.78. The molecule has 0 atom stereocenters. The van der Waals surface area contributed by atoms with Gasteiger partial charge in [0.05, 0.1) is 0 Å². The van der Waals surface area contributed by atoms with Crippen molar-refractivity contribution < 1.29 is 0 Å². The van der Waals surface area contributed by atoms with Crippen LogP contribution >= 0.6 is 11.3 Å². The molecule has 3 aromatic rings. The molecule has 2 aromatic heterocycles. The lowest BCUT2D eigenvalue weighted by molar-refractivity contribution is 0.902. The van der Waals surface area contributed by atoms with Crippen molar-refractivity contribution in [1.82, 2.24) is 4.57 Å². The fourth-order valence-electron chi connectivity index (χ4n) is 2.32. The van der Waals surface area contributed by atoms with Crippen molar-refractivity contribution in [2.45, 2.75) is 6.54 Å². The van der Waals surface area contributed by atoms with E-state index in [1.807, 2.05) is 29.9 Å². The minimum Gasteiger partial charge on any atom is -0.380 e. The zero-order valence-electron chi connectivity index (χ0n) is 11.7. The van der Waals surface area contributed by atoms with Gasteiger partial charge in [-0.15, -0.1) is 11.3 Å². The number of aromatic nitrogens is 1. The zero-order valence-corrected chi connectivity index (χ0v) is 12.5. The SMILES string of the molecule is Cn1cc(CNc2ccccc2-c2cccs2)cc1C#N. The molecular weight excluding hydrogens is 278 g/mol. The number of hydrogen-bond acceptors (Lipinski definition) is 3. The van der Waals surface area contributed by atoms with Crippen molar-refractivity contribution in [2.24, 2.45) is 7.05 Å². The van der Waals surface area contributed by atoms with Crippen molar-refractivity contribution in [1.29, 1.82) is 5.26 Å². The maximum Gasteiger partial charge on any atom is 0.120 e. The third-order valence-electron chi connectivity index (χ3n) is 3.37. The van der Waals surface area contributed by atoms with E-state index in [0.717, 1.165) is 11.3 Å². The van der Waals surface area contributed by atoms with Gasteiger partial charge < -0.3 is 9.88 Å². The minimum atomic E-state index is 0.679. The van der Waals surface area contributed by atoms with Gasteiger partial charge in [0.2, 0.25) is 0 Å². The first kappa shape index (κ1) is 13.5. The average Bonchev–Trinajstić information content (AvgIpc) is 3.15. The molecule has 0 amide bonds. The second kappa shape index (κ2) is 5.86. The van der Waals surface area contributed by atoms with E-state index in [2.05, 4.69) is 47.1 Å². The van der Waals surface area contributed by atoms with Crippen LogP contribution in [0.1, 0.15) is 11.3 Å². The molecule has 0 spiro atoms. The summed E-state index contributed by atoms with van der Waals surface area (Å²) >= 11 is 1.73. The smallest absolute Gasteiger partial charge is 0.120 e. The van der Waals surface area contributed by atoms with Crippen LogP contribution in [0.4, 0.5) is 5.69 Å². The van der Waals surface area contributed by atoms with Gasteiger partial charge in [-0.1, -0.05) is 24.3 Å². The molecule has 3 nitrogen and oxygen atoms in total. The topological polar surface area (TPSA) is 40.8 Å². The molecule has 21 heavy (non-hydrogen) atoms. The van der Waals surface area contributed by atoms with E-state index >= 15 is 0 Å². The van der Waals surface area contributed by atoms with E-state index in [4.69, 9.17) is 5.26 Å². The van der Waals surface area contributed by atoms with E-state index < -0.39 is 0 Å². The standard InChI is InChI=1S/C17H15N3S/c1-20-12-13(9-14(20)10-18)11-19-16-6-3-2-5-15(16)17-7-4-8-21-17/h2-9,12,19H,11H2,1H3. The van der Waals surface area contributed by atoms with Gasteiger partial charge in [-0.05, 0) is 29.1 Å². The highest BCUT2D eigenvalue weighted by atomic mass is 32.1. The number of benzene rings is 1. The Bertz CT molecular complexity index is 779. The van der Waals surface area contributed by atoms with Crippen molar-refractivity contribution >= 4 is 17.0 Å². The summed E-state index contributed by atoms with van der Waals surface area (Å²) in [4.78, 5) is 1.25. The highest BCUT2D eigenvalue weighted by molar-refractivity contribution is 7.13. The van der Waals surface area contributed by atoms with Crippen molar-refractivity contribution in [2.75, 3.05) is 5.32 Å². The van der Waals surface area contributed by atoms with Gasteiger partial charge in [0, 0.05) is 35.9 Å². The average molecular weight is 293 g/mol. The molecule has 1 N–H and O–H groups in total. The Kier molecular flexibility index (Phi) is 3.76. The molecule has 3 rings (SSSR count). The summed E-state index contributed by atoms with van der Waals surface area (Å²) in [6, 6.07) is 16.6.